The molecule has 0 spiro atoms. The van der Waals surface area contributed by atoms with Crippen molar-refractivity contribution in [2.45, 2.75) is 33.4 Å². The smallest absolute Gasteiger partial charge is 0.104 e. The van der Waals surface area contributed by atoms with Crippen LogP contribution in [0, 0.1) is 5.92 Å². The third-order valence-corrected chi connectivity index (χ3v) is 3.58. The molecule has 0 aliphatic rings. The van der Waals surface area contributed by atoms with Crippen LogP contribution in [0.4, 0.5) is 0 Å². The number of nitrogens with two attached hydrogens (primary N) is 1. The van der Waals surface area contributed by atoms with E-state index in [1.165, 1.54) is 5.56 Å². The molecule has 0 amide bonds. The number of rotatable bonds is 5. The second kappa shape index (κ2) is 6.12. The lowest BCUT2D eigenvalue weighted by atomic mass is 10.0. The Balaban J connectivity index is 2.84. The van der Waals surface area contributed by atoms with Gasteiger partial charge in [0.05, 0.1) is 0 Å². The van der Waals surface area contributed by atoms with Crippen molar-refractivity contribution in [1.29, 1.82) is 0 Å². The molecule has 2 nitrogen and oxygen atoms in total. The van der Waals surface area contributed by atoms with Crippen molar-refractivity contribution in [3.05, 3.63) is 35.4 Å². The fraction of sp³-hybridized carbons (Fsp3) is 0.500. The lowest BCUT2D eigenvalue weighted by Gasteiger charge is -2.28. The van der Waals surface area contributed by atoms with Crippen LogP contribution in [0.25, 0.3) is 0 Å². The third-order valence-electron chi connectivity index (χ3n) is 3.36. The maximum atomic E-state index is 5.74. The molecule has 1 unspecified atom stereocenters. The van der Waals surface area contributed by atoms with Gasteiger partial charge in [0.1, 0.15) is 4.99 Å². The van der Waals surface area contributed by atoms with Gasteiger partial charge in [0.2, 0.25) is 0 Å². The van der Waals surface area contributed by atoms with E-state index in [4.69, 9.17) is 18.0 Å². The second-order valence-electron chi connectivity index (χ2n) is 4.92. The van der Waals surface area contributed by atoms with E-state index in [1.807, 2.05) is 18.2 Å². The second-order valence-corrected chi connectivity index (χ2v) is 5.36. The molecule has 0 radical (unpaired) electrons. The molecule has 1 aromatic rings. The normalized spacial score (nSPS) is 13.1. The summed E-state index contributed by atoms with van der Waals surface area (Å²) in [4.78, 5) is 2.81. The number of thiocarbonyl (C=S) groups is 1. The summed E-state index contributed by atoms with van der Waals surface area (Å²) in [5.74, 6) is 0.636. The number of nitrogens with zero attached hydrogens (tertiary/aromatic N) is 1. The summed E-state index contributed by atoms with van der Waals surface area (Å²) in [5, 5.41) is 0. The first-order valence-corrected chi connectivity index (χ1v) is 6.42. The van der Waals surface area contributed by atoms with Crippen molar-refractivity contribution in [3.8, 4) is 0 Å². The van der Waals surface area contributed by atoms with Crippen molar-refractivity contribution in [3.63, 3.8) is 0 Å². The zero-order chi connectivity index (χ0) is 13.0. The average molecular weight is 250 g/mol. The molecule has 0 saturated carbocycles. The van der Waals surface area contributed by atoms with Crippen LogP contribution in [0.2, 0.25) is 0 Å². The van der Waals surface area contributed by atoms with Crippen molar-refractivity contribution in [2.24, 2.45) is 11.7 Å². The van der Waals surface area contributed by atoms with Crippen LogP contribution in [-0.2, 0) is 6.54 Å². The summed E-state index contributed by atoms with van der Waals surface area (Å²) in [5.41, 5.74) is 7.93. The Bertz CT molecular complexity index is 388. The molecule has 0 aliphatic heterocycles. The van der Waals surface area contributed by atoms with Gasteiger partial charge >= 0.3 is 0 Å². The maximum Gasteiger partial charge on any atom is 0.104 e. The molecule has 1 aromatic carbocycles. The summed E-state index contributed by atoms with van der Waals surface area (Å²) >= 11 is 5.08. The minimum Gasteiger partial charge on any atom is -0.389 e. The molecule has 94 valence electrons. The SMILES string of the molecule is CC(C)C(C)N(C)Cc1ccccc1C(N)=S. The maximum absolute atomic E-state index is 5.74. The lowest BCUT2D eigenvalue weighted by Crippen LogP contribution is -2.33. The van der Waals surface area contributed by atoms with E-state index in [0.717, 1.165) is 12.1 Å². The lowest BCUT2D eigenvalue weighted by molar-refractivity contribution is 0.200. The Morgan fingerprint density at radius 1 is 1.29 bits per heavy atom. The summed E-state index contributed by atoms with van der Waals surface area (Å²) < 4.78 is 0. The van der Waals surface area contributed by atoms with Gasteiger partial charge in [-0.05, 0) is 25.5 Å². The Kier molecular flexibility index (Phi) is 5.09. The van der Waals surface area contributed by atoms with Crippen LogP contribution in [0.5, 0.6) is 0 Å². The molecule has 1 atom stereocenters. The Morgan fingerprint density at radius 2 is 1.88 bits per heavy atom. The quantitative estimate of drug-likeness (QED) is 0.815. The van der Waals surface area contributed by atoms with Crippen LogP contribution in [0.15, 0.2) is 24.3 Å². The van der Waals surface area contributed by atoms with Gasteiger partial charge in [-0.3, -0.25) is 4.90 Å². The zero-order valence-corrected chi connectivity index (χ0v) is 11.9. The van der Waals surface area contributed by atoms with Gasteiger partial charge in [0.25, 0.3) is 0 Å². The Hall–Kier alpha value is -0.930. The Morgan fingerprint density at radius 3 is 2.41 bits per heavy atom. The highest BCUT2D eigenvalue weighted by atomic mass is 32.1. The fourth-order valence-corrected chi connectivity index (χ4v) is 2.02. The Labute approximate surface area is 110 Å². The van der Waals surface area contributed by atoms with Gasteiger partial charge in [-0.25, -0.2) is 0 Å². The van der Waals surface area contributed by atoms with Gasteiger partial charge in [-0.15, -0.1) is 0 Å². The molecular weight excluding hydrogens is 228 g/mol. The molecule has 0 saturated heterocycles. The number of hydrogen-bond donors (Lipinski definition) is 1. The molecule has 0 heterocycles. The van der Waals surface area contributed by atoms with E-state index in [0.29, 0.717) is 16.9 Å². The molecule has 17 heavy (non-hydrogen) atoms. The zero-order valence-electron chi connectivity index (χ0n) is 11.1. The summed E-state index contributed by atoms with van der Waals surface area (Å²) in [7, 11) is 2.14. The van der Waals surface area contributed by atoms with Gasteiger partial charge in [0.15, 0.2) is 0 Å². The van der Waals surface area contributed by atoms with Crippen LogP contribution in [0.1, 0.15) is 31.9 Å². The fourth-order valence-electron chi connectivity index (χ4n) is 1.82. The van der Waals surface area contributed by atoms with Gasteiger partial charge in [0, 0.05) is 18.2 Å². The predicted molar refractivity (Wildman–Crippen MR) is 78.1 cm³/mol. The molecule has 3 heteroatoms. The standard InChI is InChI=1S/C14H22N2S/c1-10(2)11(3)16(4)9-12-7-5-6-8-13(12)14(15)17/h5-8,10-11H,9H2,1-4H3,(H2,15,17). The third kappa shape index (κ3) is 3.79. The van der Waals surface area contributed by atoms with E-state index < -0.39 is 0 Å². The highest BCUT2D eigenvalue weighted by molar-refractivity contribution is 7.80. The highest BCUT2D eigenvalue weighted by Crippen LogP contribution is 2.15. The minimum absolute atomic E-state index is 0.478. The molecular formula is C14H22N2S. The number of benzene rings is 1. The largest absolute Gasteiger partial charge is 0.389 e. The molecule has 2 N–H and O–H groups in total. The van der Waals surface area contributed by atoms with Gasteiger partial charge in [-0.1, -0.05) is 50.3 Å². The molecule has 0 fully saturated rings. The van der Waals surface area contributed by atoms with Crippen molar-refractivity contribution in [2.75, 3.05) is 7.05 Å². The summed E-state index contributed by atoms with van der Waals surface area (Å²) in [6, 6.07) is 8.63. The van der Waals surface area contributed by atoms with Gasteiger partial charge in [-0.2, -0.15) is 0 Å². The first-order valence-electron chi connectivity index (χ1n) is 6.01. The van der Waals surface area contributed by atoms with E-state index in [2.05, 4.69) is 38.8 Å². The van der Waals surface area contributed by atoms with E-state index >= 15 is 0 Å². The van der Waals surface area contributed by atoms with E-state index in [-0.39, 0.29) is 0 Å². The molecule has 0 aromatic heterocycles. The summed E-state index contributed by atoms with van der Waals surface area (Å²) in [6.07, 6.45) is 0. The van der Waals surface area contributed by atoms with Crippen molar-refractivity contribution >= 4 is 17.2 Å². The predicted octanol–water partition coefficient (Wildman–Crippen LogP) is 2.80. The van der Waals surface area contributed by atoms with Crippen LogP contribution < -0.4 is 5.73 Å². The van der Waals surface area contributed by atoms with Crippen molar-refractivity contribution < 1.29 is 0 Å². The van der Waals surface area contributed by atoms with Gasteiger partial charge < -0.3 is 5.73 Å². The average Bonchev–Trinajstić information content (AvgIpc) is 2.28. The van der Waals surface area contributed by atoms with Crippen LogP contribution in [-0.4, -0.2) is 23.0 Å². The molecule has 0 aliphatic carbocycles. The number of hydrogen-bond acceptors (Lipinski definition) is 2. The monoisotopic (exact) mass is 250 g/mol. The summed E-state index contributed by atoms with van der Waals surface area (Å²) in [6.45, 7) is 7.60. The van der Waals surface area contributed by atoms with E-state index in [9.17, 15) is 0 Å². The van der Waals surface area contributed by atoms with E-state index in [1.54, 1.807) is 0 Å². The first kappa shape index (κ1) is 14.1. The van der Waals surface area contributed by atoms with Crippen molar-refractivity contribution in [1.82, 2.24) is 4.90 Å². The first-order chi connectivity index (χ1) is 7.93. The topological polar surface area (TPSA) is 29.3 Å². The van der Waals surface area contributed by atoms with Crippen LogP contribution >= 0.6 is 12.2 Å². The van der Waals surface area contributed by atoms with Crippen LogP contribution in [0.3, 0.4) is 0 Å². The minimum atomic E-state index is 0.478. The molecule has 0 bridgehead atoms. The molecule has 1 rings (SSSR count). The highest BCUT2D eigenvalue weighted by Gasteiger charge is 2.14.